The molecule has 1 aliphatic heterocycles. The third-order valence-electron chi connectivity index (χ3n) is 3.50. The molecule has 22 heavy (non-hydrogen) atoms. The summed E-state index contributed by atoms with van der Waals surface area (Å²) in [5.41, 5.74) is 0.855. The Labute approximate surface area is 132 Å². The van der Waals surface area contributed by atoms with Crippen LogP contribution in [0.1, 0.15) is 18.5 Å². The highest BCUT2D eigenvalue weighted by Gasteiger charge is 2.28. The van der Waals surface area contributed by atoms with Gasteiger partial charge in [-0.15, -0.1) is 0 Å². The molecule has 1 saturated heterocycles. The van der Waals surface area contributed by atoms with Gasteiger partial charge in [-0.05, 0) is 40.4 Å². The highest BCUT2D eigenvalue weighted by Crippen LogP contribution is 2.17. The summed E-state index contributed by atoms with van der Waals surface area (Å²) in [7, 11) is 1.20. The van der Waals surface area contributed by atoms with Gasteiger partial charge in [0.15, 0.2) is 9.84 Å². The minimum Gasteiger partial charge on any atom is -0.366 e. The van der Waals surface area contributed by atoms with Crippen molar-refractivity contribution in [3.05, 3.63) is 11.8 Å². The number of hydrogen-bond donors (Lipinski definition) is 2. The summed E-state index contributed by atoms with van der Waals surface area (Å²) < 4.78 is 23.0. The quantitative estimate of drug-likeness (QED) is 0.715. The third kappa shape index (κ3) is 5.42. The fourth-order valence-corrected chi connectivity index (χ4v) is 4.11. The van der Waals surface area contributed by atoms with E-state index in [-0.39, 0.29) is 17.5 Å². The summed E-state index contributed by atoms with van der Waals surface area (Å²) in [6, 6.07) is 1.79. The van der Waals surface area contributed by atoms with Crippen LogP contribution in [0.4, 0.5) is 11.8 Å². The molecule has 0 spiro atoms. The van der Waals surface area contributed by atoms with Crippen molar-refractivity contribution in [1.82, 2.24) is 14.9 Å². The van der Waals surface area contributed by atoms with E-state index in [0.717, 1.165) is 25.2 Å². The second-order valence-electron chi connectivity index (χ2n) is 6.05. The van der Waals surface area contributed by atoms with Gasteiger partial charge in [0.1, 0.15) is 5.82 Å². The van der Waals surface area contributed by atoms with E-state index in [0.29, 0.717) is 18.2 Å². The number of nitrogens with zero attached hydrogens (tertiary/aromatic N) is 3. The lowest BCUT2D eigenvalue weighted by Crippen LogP contribution is -2.22. The van der Waals surface area contributed by atoms with Crippen molar-refractivity contribution in [3.63, 3.8) is 0 Å². The number of anilines is 2. The van der Waals surface area contributed by atoms with Crippen LogP contribution in [0.15, 0.2) is 6.07 Å². The second kappa shape index (κ2) is 7.23. The fourth-order valence-electron chi connectivity index (χ4n) is 2.44. The molecular formula is C14H25N5O2S. The standard InChI is InChI=1S/C14H25N5O2S/c1-11-9-13(17-12-5-8-22(20,21)10-12)18-14(16-11)15-6-4-7-19(2)3/h9,12H,4-8,10H2,1-3H3,(H2,15,16,17,18). The molecule has 0 bridgehead atoms. The topological polar surface area (TPSA) is 87.2 Å². The second-order valence-corrected chi connectivity index (χ2v) is 8.27. The van der Waals surface area contributed by atoms with Crippen LogP contribution in [0.25, 0.3) is 0 Å². The average Bonchev–Trinajstić information content (AvgIpc) is 2.73. The van der Waals surface area contributed by atoms with Gasteiger partial charge in [-0.25, -0.2) is 13.4 Å². The van der Waals surface area contributed by atoms with Crippen molar-refractivity contribution in [1.29, 1.82) is 0 Å². The summed E-state index contributed by atoms with van der Waals surface area (Å²) in [5, 5.41) is 6.42. The highest BCUT2D eigenvalue weighted by atomic mass is 32.2. The Kier molecular flexibility index (Phi) is 5.57. The van der Waals surface area contributed by atoms with Crippen molar-refractivity contribution in [2.75, 3.05) is 49.3 Å². The van der Waals surface area contributed by atoms with E-state index in [9.17, 15) is 8.42 Å². The lowest BCUT2D eigenvalue weighted by molar-refractivity contribution is 0.405. The van der Waals surface area contributed by atoms with Crippen LogP contribution in [0, 0.1) is 6.92 Å². The Balaban J connectivity index is 1.92. The maximum atomic E-state index is 11.5. The zero-order chi connectivity index (χ0) is 16.2. The lowest BCUT2D eigenvalue weighted by atomic mass is 10.2. The van der Waals surface area contributed by atoms with Crippen LogP contribution >= 0.6 is 0 Å². The largest absolute Gasteiger partial charge is 0.366 e. The summed E-state index contributed by atoms with van der Waals surface area (Å²) in [4.78, 5) is 10.9. The smallest absolute Gasteiger partial charge is 0.224 e. The van der Waals surface area contributed by atoms with Crippen LogP contribution < -0.4 is 10.6 Å². The zero-order valence-corrected chi connectivity index (χ0v) is 14.3. The zero-order valence-electron chi connectivity index (χ0n) is 13.5. The molecule has 124 valence electrons. The van der Waals surface area contributed by atoms with E-state index in [1.54, 1.807) is 0 Å². The molecule has 0 aromatic carbocycles. The molecule has 1 aromatic rings. The molecule has 1 atom stereocenters. The van der Waals surface area contributed by atoms with E-state index in [2.05, 4.69) is 25.5 Å². The van der Waals surface area contributed by atoms with Gasteiger partial charge in [0, 0.05) is 24.3 Å². The van der Waals surface area contributed by atoms with Crippen LogP contribution in [-0.4, -0.2) is 68.0 Å². The minimum atomic E-state index is -2.89. The summed E-state index contributed by atoms with van der Waals surface area (Å²) in [6.45, 7) is 3.71. The van der Waals surface area contributed by atoms with E-state index in [1.807, 2.05) is 27.1 Å². The molecule has 2 heterocycles. The van der Waals surface area contributed by atoms with Gasteiger partial charge in [-0.1, -0.05) is 0 Å². The number of nitrogens with one attached hydrogen (secondary N) is 2. The molecule has 1 fully saturated rings. The molecule has 2 N–H and O–H groups in total. The first kappa shape index (κ1) is 17.0. The first-order valence-electron chi connectivity index (χ1n) is 7.55. The van der Waals surface area contributed by atoms with E-state index < -0.39 is 9.84 Å². The van der Waals surface area contributed by atoms with Gasteiger partial charge < -0.3 is 15.5 Å². The Morgan fingerprint density at radius 3 is 2.77 bits per heavy atom. The number of hydrogen-bond acceptors (Lipinski definition) is 7. The number of rotatable bonds is 7. The Bertz CT molecular complexity index is 603. The molecule has 7 nitrogen and oxygen atoms in total. The van der Waals surface area contributed by atoms with Gasteiger partial charge >= 0.3 is 0 Å². The number of aryl methyl sites for hydroxylation is 1. The normalized spacial score (nSPS) is 20.3. The Morgan fingerprint density at radius 1 is 1.36 bits per heavy atom. The monoisotopic (exact) mass is 327 g/mol. The molecule has 0 aliphatic carbocycles. The summed E-state index contributed by atoms with van der Waals surface area (Å²) in [6.07, 6.45) is 1.64. The molecular weight excluding hydrogens is 302 g/mol. The first-order valence-corrected chi connectivity index (χ1v) is 9.37. The maximum Gasteiger partial charge on any atom is 0.224 e. The van der Waals surface area contributed by atoms with Gasteiger partial charge in [0.25, 0.3) is 0 Å². The predicted molar refractivity (Wildman–Crippen MR) is 89.1 cm³/mol. The SMILES string of the molecule is Cc1cc(NC2CCS(=O)(=O)C2)nc(NCCCN(C)C)n1. The van der Waals surface area contributed by atoms with Crippen molar-refractivity contribution < 1.29 is 8.42 Å². The van der Waals surface area contributed by atoms with Crippen molar-refractivity contribution in [2.24, 2.45) is 0 Å². The molecule has 0 amide bonds. The molecule has 2 rings (SSSR count). The Morgan fingerprint density at radius 2 is 2.14 bits per heavy atom. The number of sulfone groups is 1. The van der Waals surface area contributed by atoms with Crippen molar-refractivity contribution in [3.8, 4) is 0 Å². The average molecular weight is 327 g/mol. The molecule has 1 aromatic heterocycles. The predicted octanol–water partition coefficient (Wildman–Crippen LogP) is 0.748. The Hall–Kier alpha value is -1.41. The minimum absolute atomic E-state index is 0.0547. The molecule has 1 aliphatic rings. The van der Waals surface area contributed by atoms with E-state index in [1.165, 1.54) is 0 Å². The summed E-state index contributed by atoms with van der Waals surface area (Å²) in [5.74, 6) is 1.71. The van der Waals surface area contributed by atoms with Crippen LogP contribution in [0.2, 0.25) is 0 Å². The third-order valence-corrected chi connectivity index (χ3v) is 5.27. The molecule has 8 heteroatoms. The highest BCUT2D eigenvalue weighted by molar-refractivity contribution is 7.91. The van der Waals surface area contributed by atoms with Crippen molar-refractivity contribution >= 4 is 21.6 Å². The van der Waals surface area contributed by atoms with Gasteiger partial charge in [-0.2, -0.15) is 4.98 Å². The van der Waals surface area contributed by atoms with E-state index in [4.69, 9.17) is 0 Å². The molecule has 0 radical (unpaired) electrons. The molecule has 0 saturated carbocycles. The first-order chi connectivity index (χ1) is 10.3. The molecule has 1 unspecified atom stereocenters. The lowest BCUT2D eigenvalue weighted by Gasteiger charge is -2.14. The van der Waals surface area contributed by atoms with Crippen LogP contribution in [-0.2, 0) is 9.84 Å². The van der Waals surface area contributed by atoms with Gasteiger partial charge in [0.2, 0.25) is 5.95 Å². The van der Waals surface area contributed by atoms with Gasteiger partial charge in [0.05, 0.1) is 11.5 Å². The number of aromatic nitrogens is 2. The maximum absolute atomic E-state index is 11.5. The fraction of sp³-hybridized carbons (Fsp3) is 0.714. The van der Waals surface area contributed by atoms with Crippen LogP contribution in [0.3, 0.4) is 0 Å². The summed E-state index contributed by atoms with van der Waals surface area (Å²) >= 11 is 0. The van der Waals surface area contributed by atoms with Gasteiger partial charge in [-0.3, -0.25) is 0 Å². The van der Waals surface area contributed by atoms with Crippen molar-refractivity contribution in [2.45, 2.75) is 25.8 Å². The van der Waals surface area contributed by atoms with Crippen LogP contribution in [0.5, 0.6) is 0 Å². The van der Waals surface area contributed by atoms with E-state index >= 15 is 0 Å².